The highest BCUT2D eigenvalue weighted by molar-refractivity contribution is 4.65. The van der Waals surface area contributed by atoms with Crippen LogP contribution in [-0.2, 0) is 0 Å². The zero-order valence-corrected chi connectivity index (χ0v) is 10.6. The average Bonchev–Trinajstić information content (AvgIpc) is 2.15. The zero-order chi connectivity index (χ0) is 10.8. The molecule has 14 heavy (non-hydrogen) atoms. The molecular weight excluding hydrogens is 170 g/mol. The lowest BCUT2D eigenvalue weighted by molar-refractivity contribution is 0.339. The number of rotatable bonds is 9. The molecule has 0 saturated heterocycles. The van der Waals surface area contributed by atoms with E-state index in [4.69, 9.17) is 0 Å². The third-order valence-electron chi connectivity index (χ3n) is 2.90. The van der Waals surface area contributed by atoms with Crippen molar-refractivity contribution in [2.45, 2.75) is 59.8 Å². The minimum Gasteiger partial charge on any atom is -0.317 e. The third kappa shape index (κ3) is 7.37. The Kier molecular flexibility index (Phi) is 9.49. The Balaban J connectivity index is 3.69. The van der Waals surface area contributed by atoms with Crippen LogP contribution in [0.2, 0.25) is 0 Å². The van der Waals surface area contributed by atoms with E-state index in [0.29, 0.717) is 0 Å². The van der Waals surface area contributed by atoms with Crippen molar-refractivity contribution < 1.29 is 0 Å². The number of nitrogens with one attached hydrogen (secondary N) is 1. The maximum Gasteiger partial charge on any atom is -0.00205 e. The molecule has 0 aromatic carbocycles. The summed E-state index contributed by atoms with van der Waals surface area (Å²) in [5.74, 6) is 1.82. The van der Waals surface area contributed by atoms with Crippen molar-refractivity contribution in [3.8, 4) is 0 Å². The molecule has 0 rings (SSSR count). The highest BCUT2D eigenvalue weighted by atomic mass is 14.8. The summed E-state index contributed by atoms with van der Waals surface area (Å²) < 4.78 is 0. The molecule has 2 atom stereocenters. The molecule has 0 radical (unpaired) electrons. The Morgan fingerprint density at radius 1 is 1.00 bits per heavy atom. The highest BCUT2D eigenvalue weighted by Gasteiger charge is 2.11. The summed E-state index contributed by atoms with van der Waals surface area (Å²) in [4.78, 5) is 0. The second kappa shape index (κ2) is 9.51. The molecule has 0 spiro atoms. The van der Waals surface area contributed by atoms with Gasteiger partial charge in [-0.25, -0.2) is 0 Å². The van der Waals surface area contributed by atoms with E-state index in [1.807, 2.05) is 0 Å². The fourth-order valence-corrected chi connectivity index (χ4v) is 2.24. The van der Waals surface area contributed by atoms with Gasteiger partial charge in [0.1, 0.15) is 0 Å². The molecule has 0 aliphatic carbocycles. The van der Waals surface area contributed by atoms with Crippen LogP contribution in [-0.4, -0.2) is 13.1 Å². The van der Waals surface area contributed by atoms with Crippen LogP contribution < -0.4 is 5.32 Å². The van der Waals surface area contributed by atoms with E-state index in [9.17, 15) is 0 Å². The van der Waals surface area contributed by atoms with Gasteiger partial charge in [-0.05, 0) is 37.8 Å². The van der Waals surface area contributed by atoms with Gasteiger partial charge in [-0.15, -0.1) is 0 Å². The molecule has 86 valence electrons. The lowest BCUT2D eigenvalue weighted by Gasteiger charge is -2.20. The highest BCUT2D eigenvalue weighted by Crippen LogP contribution is 2.20. The van der Waals surface area contributed by atoms with Crippen molar-refractivity contribution in [2.24, 2.45) is 11.8 Å². The van der Waals surface area contributed by atoms with E-state index in [0.717, 1.165) is 18.4 Å². The quantitative estimate of drug-likeness (QED) is 0.595. The number of hydrogen-bond donors (Lipinski definition) is 1. The molecule has 0 amide bonds. The zero-order valence-electron chi connectivity index (χ0n) is 10.6. The Morgan fingerprint density at radius 3 is 2.14 bits per heavy atom. The van der Waals surface area contributed by atoms with E-state index in [2.05, 4.69) is 33.0 Å². The van der Waals surface area contributed by atoms with E-state index in [1.54, 1.807) is 0 Å². The van der Waals surface area contributed by atoms with E-state index in [1.165, 1.54) is 38.6 Å². The van der Waals surface area contributed by atoms with Crippen LogP contribution in [0.4, 0.5) is 0 Å². The monoisotopic (exact) mass is 199 g/mol. The predicted octanol–water partition coefficient (Wildman–Crippen LogP) is 3.84. The molecule has 1 N–H and O–H groups in total. The smallest absolute Gasteiger partial charge is 0.00205 e. The lowest BCUT2D eigenvalue weighted by Crippen LogP contribution is -2.24. The fourth-order valence-electron chi connectivity index (χ4n) is 2.24. The molecule has 0 aromatic heterocycles. The van der Waals surface area contributed by atoms with Gasteiger partial charge in [0, 0.05) is 0 Å². The topological polar surface area (TPSA) is 12.0 Å². The minimum absolute atomic E-state index is 0.904. The Morgan fingerprint density at radius 2 is 1.64 bits per heavy atom. The van der Waals surface area contributed by atoms with Crippen LogP contribution in [0.1, 0.15) is 59.8 Å². The van der Waals surface area contributed by atoms with Gasteiger partial charge in [0.05, 0.1) is 0 Å². The summed E-state index contributed by atoms with van der Waals surface area (Å²) >= 11 is 0. The molecule has 0 bridgehead atoms. The van der Waals surface area contributed by atoms with Gasteiger partial charge in [0.15, 0.2) is 0 Å². The summed E-state index contributed by atoms with van der Waals surface area (Å²) in [5, 5.41) is 3.48. The maximum atomic E-state index is 3.48. The standard InChI is InChI=1S/C13H29N/c1-5-8-12(4)10-13(9-6-2)11-14-7-3/h12-14H,5-11H2,1-4H3. The van der Waals surface area contributed by atoms with Gasteiger partial charge in [0.25, 0.3) is 0 Å². The summed E-state index contributed by atoms with van der Waals surface area (Å²) in [6, 6.07) is 0. The molecule has 2 unspecified atom stereocenters. The second-order valence-corrected chi connectivity index (χ2v) is 4.59. The molecule has 0 fully saturated rings. The van der Waals surface area contributed by atoms with Gasteiger partial charge in [-0.3, -0.25) is 0 Å². The molecule has 1 heteroatoms. The van der Waals surface area contributed by atoms with Gasteiger partial charge < -0.3 is 5.32 Å². The van der Waals surface area contributed by atoms with Crippen LogP contribution in [0, 0.1) is 11.8 Å². The normalized spacial score (nSPS) is 15.4. The lowest BCUT2D eigenvalue weighted by atomic mass is 9.89. The van der Waals surface area contributed by atoms with E-state index < -0.39 is 0 Å². The molecule has 0 aliphatic heterocycles. The van der Waals surface area contributed by atoms with Crippen LogP contribution >= 0.6 is 0 Å². The third-order valence-corrected chi connectivity index (χ3v) is 2.90. The van der Waals surface area contributed by atoms with Crippen molar-refractivity contribution in [1.82, 2.24) is 5.32 Å². The Bertz CT molecular complexity index is 112. The first kappa shape index (κ1) is 14.0. The Labute approximate surface area is 90.7 Å². The van der Waals surface area contributed by atoms with Crippen LogP contribution in [0.15, 0.2) is 0 Å². The van der Waals surface area contributed by atoms with E-state index >= 15 is 0 Å². The largest absolute Gasteiger partial charge is 0.317 e. The van der Waals surface area contributed by atoms with Crippen LogP contribution in [0.3, 0.4) is 0 Å². The molecule has 1 nitrogen and oxygen atoms in total. The summed E-state index contributed by atoms with van der Waals surface area (Å²) in [5.41, 5.74) is 0. The molecule has 0 aromatic rings. The van der Waals surface area contributed by atoms with E-state index in [-0.39, 0.29) is 0 Å². The second-order valence-electron chi connectivity index (χ2n) is 4.59. The van der Waals surface area contributed by atoms with Crippen LogP contribution in [0.25, 0.3) is 0 Å². The van der Waals surface area contributed by atoms with Gasteiger partial charge in [-0.2, -0.15) is 0 Å². The minimum atomic E-state index is 0.904. The first-order valence-corrected chi connectivity index (χ1v) is 6.45. The summed E-state index contributed by atoms with van der Waals surface area (Å²) in [7, 11) is 0. The van der Waals surface area contributed by atoms with Crippen molar-refractivity contribution in [3.05, 3.63) is 0 Å². The molecule has 0 aliphatic rings. The van der Waals surface area contributed by atoms with Crippen molar-refractivity contribution in [2.75, 3.05) is 13.1 Å². The molecular formula is C13H29N. The van der Waals surface area contributed by atoms with Crippen LogP contribution in [0.5, 0.6) is 0 Å². The SMILES string of the molecule is CCCC(C)CC(CCC)CNCC. The summed E-state index contributed by atoms with van der Waals surface area (Å²) in [6.45, 7) is 11.5. The van der Waals surface area contributed by atoms with Crippen molar-refractivity contribution >= 4 is 0 Å². The van der Waals surface area contributed by atoms with Gasteiger partial charge in [0.2, 0.25) is 0 Å². The van der Waals surface area contributed by atoms with Crippen molar-refractivity contribution in [1.29, 1.82) is 0 Å². The number of hydrogen-bond acceptors (Lipinski definition) is 1. The predicted molar refractivity (Wildman–Crippen MR) is 65.6 cm³/mol. The maximum absolute atomic E-state index is 3.48. The first-order valence-electron chi connectivity index (χ1n) is 6.45. The van der Waals surface area contributed by atoms with Gasteiger partial charge in [-0.1, -0.05) is 47.0 Å². The van der Waals surface area contributed by atoms with Gasteiger partial charge >= 0.3 is 0 Å². The molecule has 0 saturated carbocycles. The summed E-state index contributed by atoms with van der Waals surface area (Å²) in [6.07, 6.45) is 6.86. The average molecular weight is 199 g/mol. The van der Waals surface area contributed by atoms with Crippen molar-refractivity contribution in [3.63, 3.8) is 0 Å². The first-order chi connectivity index (χ1) is 6.74. The Hall–Kier alpha value is -0.0400. The fraction of sp³-hybridized carbons (Fsp3) is 1.00. The molecule has 0 heterocycles.